The van der Waals surface area contributed by atoms with Gasteiger partial charge < -0.3 is 4.43 Å². The van der Waals surface area contributed by atoms with Crippen LogP contribution in [0.2, 0.25) is 18.1 Å². The number of benzene rings is 1. The van der Waals surface area contributed by atoms with Crippen LogP contribution in [0.25, 0.3) is 0 Å². The van der Waals surface area contributed by atoms with Gasteiger partial charge in [-0.3, -0.25) is 4.98 Å². The van der Waals surface area contributed by atoms with E-state index >= 15 is 0 Å². The van der Waals surface area contributed by atoms with Crippen molar-refractivity contribution in [1.29, 1.82) is 0 Å². The van der Waals surface area contributed by atoms with Crippen LogP contribution in [-0.2, 0) is 17.0 Å². The number of alkyl halides is 3. The van der Waals surface area contributed by atoms with Crippen LogP contribution in [0.5, 0.6) is 0 Å². The van der Waals surface area contributed by atoms with E-state index in [4.69, 9.17) is 9.41 Å². The zero-order chi connectivity index (χ0) is 28.3. The highest BCUT2D eigenvalue weighted by Crippen LogP contribution is 2.51. The van der Waals surface area contributed by atoms with Crippen molar-refractivity contribution in [2.45, 2.75) is 129 Å². The molecule has 1 heterocycles. The van der Waals surface area contributed by atoms with E-state index in [0.29, 0.717) is 5.92 Å². The van der Waals surface area contributed by atoms with Crippen molar-refractivity contribution in [3.05, 3.63) is 63.5 Å². The molecule has 0 spiro atoms. The first-order chi connectivity index (χ1) is 17.4. The smallest absolute Gasteiger partial charge is 0.410 e. The summed E-state index contributed by atoms with van der Waals surface area (Å²) in [6.45, 7) is 20.5. The highest BCUT2D eigenvalue weighted by atomic mass is 28.4. The van der Waals surface area contributed by atoms with Gasteiger partial charge in [0, 0.05) is 28.8 Å². The topological polar surface area (TPSA) is 22.1 Å². The van der Waals surface area contributed by atoms with Crippen molar-refractivity contribution in [2.24, 2.45) is 5.41 Å². The summed E-state index contributed by atoms with van der Waals surface area (Å²) in [5.41, 5.74) is 6.43. The first-order valence-electron chi connectivity index (χ1n) is 14.3. The van der Waals surface area contributed by atoms with Gasteiger partial charge in [-0.15, -0.1) is 0 Å². The summed E-state index contributed by atoms with van der Waals surface area (Å²) < 4.78 is 46.9. The number of aromatic nitrogens is 1. The fraction of sp³-hybridized carbons (Fsp3) is 0.656. The van der Waals surface area contributed by atoms with Gasteiger partial charge in [0.25, 0.3) is 0 Å². The molecule has 2 aromatic rings. The molecule has 2 nitrogen and oxygen atoms in total. The van der Waals surface area contributed by atoms with Crippen molar-refractivity contribution in [1.82, 2.24) is 4.98 Å². The van der Waals surface area contributed by atoms with Gasteiger partial charge in [-0.05, 0) is 85.0 Å². The molecule has 4 rings (SSSR count). The Balaban J connectivity index is 1.87. The zero-order valence-corrected chi connectivity index (χ0v) is 25.8. The van der Waals surface area contributed by atoms with E-state index in [0.717, 1.165) is 31.2 Å². The largest absolute Gasteiger partial charge is 0.416 e. The van der Waals surface area contributed by atoms with Gasteiger partial charge in [0.1, 0.15) is 0 Å². The fourth-order valence-electron chi connectivity index (χ4n) is 6.33. The van der Waals surface area contributed by atoms with Crippen molar-refractivity contribution in [2.75, 3.05) is 0 Å². The summed E-state index contributed by atoms with van der Waals surface area (Å²) in [7, 11) is -2.05. The lowest BCUT2D eigenvalue weighted by molar-refractivity contribution is -0.137. The summed E-state index contributed by atoms with van der Waals surface area (Å²) in [4.78, 5) is 5.45. The standard InChI is InChI=1S/C32H46F3NOSi/c1-20(22-14-16-24(17-15-22)32(33,34)35)27-21(2)28-25(36-29(27)23-12-10-11-13-23)18-31(6,7)19-26(28)37-38(8,9)30(3,4)5/h14-17,20,23,26H,10-13,18-19H2,1-9H3/t20-,26?/m0/s1. The van der Waals surface area contributed by atoms with Gasteiger partial charge in [-0.2, -0.15) is 13.2 Å². The number of rotatable bonds is 5. The van der Waals surface area contributed by atoms with E-state index in [2.05, 4.69) is 61.6 Å². The van der Waals surface area contributed by atoms with Crippen LogP contribution < -0.4 is 0 Å². The predicted molar refractivity (Wildman–Crippen MR) is 152 cm³/mol. The molecule has 0 N–H and O–H groups in total. The summed E-state index contributed by atoms with van der Waals surface area (Å²) in [6.07, 6.45) is 2.20. The van der Waals surface area contributed by atoms with E-state index in [1.807, 2.05) is 0 Å². The Kier molecular flexibility index (Phi) is 7.77. The third-order valence-electron chi connectivity index (χ3n) is 9.51. The van der Waals surface area contributed by atoms with Crippen molar-refractivity contribution in [3.63, 3.8) is 0 Å². The average molecular weight is 546 g/mol. The number of nitrogens with zero attached hydrogens (tertiary/aromatic N) is 1. The molecule has 2 aliphatic carbocycles. The molecule has 38 heavy (non-hydrogen) atoms. The van der Waals surface area contributed by atoms with Crippen LogP contribution in [0, 0.1) is 12.3 Å². The predicted octanol–water partition coefficient (Wildman–Crippen LogP) is 10.3. The lowest BCUT2D eigenvalue weighted by Crippen LogP contribution is -2.44. The Hall–Kier alpha value is -1.66. The SMILES string of the molecule is Cc1c2c(nc(C3CCCC3)c1[C@@H](C)c1ccc(C(F)(F)F)cc1)CC(C)(C)CC2O[Si](C)(C)C(C)(C)C. The fourth-order valence-corrected chi connectivity index (χ4v) is 7.59. The molecular weight excluding hydrogens is 499 g/mol. The Labute approximate surface area is 228 Å². The van der Waals surface area contributed by atoms with Crippen molar-refractivity contribution < 1.29 is 17.6 Å². The van der Waals surface area contributed by atoms with Crippen molar-refractivity contribution in [3.8, 4) is 0 Å². The van der Waals surface area contributed by atoms with Gasteiger partial charge in [0.15, 0.2) is 8.32 Å². The van der Waals surface area contributed by atoms with E-state index in [1.54, 1.807) is 12.1 Å². The number of hydrogen-bond donors (Lipinski definition) is 0. The molecule has 0 radical (unpaired) electrons. The second-order valence-electron chi connectivity index (χ2n) is 14.1. The third-order valence-corrected chi connectivity index (χ3v) is 14.0. The second kappa shape index (κ2) is 10.1. The maximum Gasteiger partial charge on any atom is 0.416 e. The maximum atomic E-state index is 13.3. The molecule has 1 saturated carbocycles. The van der Waals surface area contributed by atoms with Crippen LogP contribution in [0.1, 0.15) is 131 Å². The van der Waals surface area contributed by atoms with Crippen LogP contribution in [0.3, 0.4) is 0 Å². The van der Waals surface area contributed by atoms with Crippen LogP contribution in [-0.4, -0.2) is 13.3 Å². The van der Waals surface area contributed by atoms with E-state index in [-0.39, 0.29) is 22.5 Å². The highest BCUT2D eigenvalue weighted by molar-refractivity contribution is 6.74. The Bertz CT molecular complexity index is 1160. The summed E-state index contributed by atoms with van der Waals surface area (Å²) >= 11 is 0. The average Bonchev–Trinajstić information content (AvgIpc) is 3.30. The van der Waals surface area contributed by atoms with Crippen LogP contribution >= 0.6 is 0 Å². The normalized spacial score (nSPS) is 21.4. The molecule has 2 aliphatic rings. The zero-order valence-electron chi connectivity index (χ0n) is 24.8. The van der Waals surface area contributed by atoms with E-state index in [9.17, 15) is 13.2 Å². The second-order valence-corrected chi connectivity index (χ2v) is 18.9. The molecule has 2 atom stereocenters. The molecule has 0 bridgehead atoms. The molecule has 210 valence electrons. The summed E-state index contributed by atoms with van der Waals surface area (Å²) in [5.74, 6) is 0.366. The lowest BCUT2D eigenvalue weighted by Gasteiger charge is -2.45. The molecule has 6 heteroatoms. The van der Waals surface area contributed by atoms with Gasteiger partial charge >= 0.3 is 6.18 Å². The van der Waals surface area contributed by atoms with Gasteiger partial charge in [-0.1, -0.05) is 66.5 Å². The summed E-state index contributed by atoms with van der Waals surface area (Å²) in [6, 6.07) is 5.73. The molecule has 0 saturated heterocycles. The van der Waals surface area contributed by atoms with Gasteiger partial charge in [0.2, 0.25) is 0 Å². The molecule has 1 aromatic carbocycles. The quantitative estimate of drug-likeness (QED) is 0.349. The number of hydrogen-bond acceptors (Lipinski definition) is 2. The van der Waals surface area contributed by atoms with E-state index in [1.165, 1.54) is 53.1 Å². The highest BCUT2D eigenvalue weighted by Gasteiger charge is 2.44. The van der Waals surface area contributed by atoms with Gasteiger partial charge in [0.05, 0.1) is 11.7 Å². The molecule has 1 aromatic heterocycles. The molecule has 0 amide bonds. The lowest BCUT2D eigenvalue weighted by atomic mass is 9.72. The van der Waals surface area contributed by atoms with Crippen molar-refractivity contribution >= 4 is 8.32 Å². The van der Waals surface area contributed by atoms with Crippen LogP contribution in [0.15, 0.2) is 24.3 Å². The van der Waals surface area contributed by atoms with Gasteiger partial charge in [-0.25, -0.2) is 0 Å². The number of halogens is 3. The third kappa shape index (κ3) is 5.77. The van der Waals surface area contributed by atoms with E-state index < -0.39 is 20.1 Å². The first-order valence-corrected chi connectivity index (χ1v) is 17.2. The minimum Gasteiger partial charge on any atom is -0.410 e. The Morgan fingerprint density at radius 1 is 1.03 bits per heavy atom. The first kappa shape index (κ1) is 29.3. The monoisotopic (exact) mass is 545 g/mol. The summed E-state index contributed by atoms with van der Waals surface area (Å²) in [5, 5.41) is 0.0935. The van der Waals surface area contributed by atoms with Crippen LogP contribution in [0.4, 0.5) is 13.2 Å². The molecule has 1 fully saturated rings. The number of pyridine rings is 1. The minimum absolute atomic E-state index is 0.0154. The molecular formula is C32H46F3NOSi. The Morgan fingerprint density at radius 2 is 1.61 bits per heavy atom. The molecule has 1 unspecified atom stereocenters. The maximum absolute atomic E-state index is 13.3. The number of fused-ring (bicyclic) bond motifs is 1. The Morgan fingerprint density at radius 3 is 2.13 bits per heavy atom. The minimum atomic E-state index is -4.33. The molecule has 0 aliphatic heterocycles.